The highest BCUT2D eigenvalue weighted by Crippen LogP contribution is 2.28. The van der Waals surface area contributed by atoms with Gasteiger partial charge in [0.05, 0.1) is 23.6 Å². The summed E-state index contributed by atoms with van der Waals surface area (Å²) in [6.45, 7) is 1.45. The molecule has 0 saturated heterocycles. The first-order valence-electron chi connectivity index (χ1n) is 8.94. The highest BCUT2D eigenvalue weighted by atomic mass is 19.4. The summed E-state index contributed by atoms with van der Waals surface area (Å²) < 4.78 is 40.5. The monoisotopic (exact) mass is 435 g/mol. The third-order valence-electron chi connectivity index (χ3n) is 4.63. The largest absolute Gasteiger partial charge is 0.573 e. The average Bonchev–Trinajstić information content (AvgIpc) is 3.09. The van der Waals surface area contributed by atoms with Gasteiger partial charge in [0.15, 0.2) is 0 Å². The number of rotatable bonds is 6. The Kier molecular flexibility index (Phi) is 5.70. The third kappa shape index (κ3) is 5.19. The molecule has 0 radical (unpaired) electrons. The molecule has 12 heteroatoms. The molecule has 3 rings (SSSR count). The van der Waals surface area contributed by atoms with Gasteiger partial charge in [0, 0.05) is 29.8 Å². The number of benzene rings is 1. The molecule has 1 aromatic carbocycles. The Morgan fingerprint density at radius 2 is 2.06 bits per heavy atom. The van der Waals surface area contributed by atoms with Crippen molar-refractivity contribution in [3.05, 3.63) is 63.9 Å². The van der Waals surface area contributed by atoms with E-state index >= 15 is 0 Å². The van der Waals surface area contributed by atoms with E-state index in [0.717, 1.165) is 24.3 Å². The van der Waals surface area contributed by atoms with Gasteiger partial charge in [-0.3, -0.25) is 19.9 Å². The molecule has 1 aliphatic heterocycles. The zero-order valence-corrected chi connectivity index (χ0v) is 16.0. The van der Waals surface area contributed by atoms with Crippen molar-refractivity contribution in [1.82, 2.24) is 10.3 Å². The van der Waals surface area contributed by atoms with Gasteiger partial charge in [-0.25, -0.2) is 0 Å². The minimum absolute atomic E-state index is 0.0197. The van der Waals surface area contributed by atoms with Crippen LogP contribution in [0, 0.1) is 27.4 Å². The normalized spacial score (nSPS) is 21.5. The van der Waals surface area contributed by atoms with Crippen LogP contribution in [0.2, 0.25) is 0 Å². The molecule has 31 heavy (non-hydrogen) atoms. The van der Waals surface area contributed by atoms with Crippen LogP contribution in [0.1, 0.15) is 17.3 Å². The summed E-state index contributed by atoms with van der Waals surface area (Å²) in [5.41, 5.74) is -1.41. The number of hydrazone groups is 1. The molecule has 162 valence electrons. The van der Waals surface area contributed by atoms with Crippen molar-refractivity contribution in [2.75, 3.05) is 6.54 Å². The summed E-state index contributed by atoms with van der Waals surface area (Å²) in [6.07, 6.45) is 1.10. The van der Waals surface area contributed by atoms with Gasteiger partial charge in [0.1, 0.15) is 11.3 Å². The lowest BCUT2D eigenvalue weighted by Crippen LogP contribution is -2.53. The van der Waals surface area contributed by atoms with E-state index < -0.39 is 28.5 Å². The maximum absolute atomic E-state index is 12.5. The number of halogens is 3. The van der Waals surface area contributed by atoms with Gasteiger partial charge < -0.3 is 10.1 Å². The van der Waals surface area contributed by atoms with Crippen molar-refractivity contribution < 1.29 is 27.6 Å². The fraction of sp³-hybridized carbons (Fsp3) is 0.316. The first-order valence-corrected chi connectivity index (χ1v) is 8.94. The highest BCUT2D eigenvalue weighted by molar-refractivity contribution is 5.95. The van der Waals surface area contributed by atoms with Crippen LogP contribution < -0.4 is 10.1 Å². The van der Waals surface area contributed by atoms with Crippen molar-refractivity contribution >= 4 is 12.1 Å². The number of alkyl halides is 3. The summed E-state index contributed by atoms with van der Waals surface area (Å²) in [6, 6.07) is 5.94. The Hall–Kier alpha value is -3.88. The van der Waals surface area contributed by atoms with Gasteiger partial charge in [-0.15, -0.1) is 13.2 Å². The second-order valence-corrected chi connectivity index (χ2v) is 7.11. The molecule has 9 nitrogen and oxygen atoms in total. The molecule has 0 fully saturated rings. The zero-order chi connectivity index (χ0) is 22.8. The number of nitriles is 1. The summed E-state index contributed by atoms with van der Waals surface area (Å²) in [4.78, 5) is 22.9. The molecule has 1 aliphatic carbocycles. The predicted molar refractivity (Wildman–Crippen MR) is 101 cm³/mol. The Balaban J connectivity index is 1.66. The fourth-order valence-electron chi connectivity index (χ4n) is 3.17. The second-order valence-electron chi connectivity index (χ2n) is 7.11. The highest BCUT2D eigenvalue weighted by Gasteiger charge is 2.38. The Bertz CT molecular complexity index is 1010. The number of hydrogen-bond donors (Lipinski definition) is 1. The molecule has 0 saturated carbocycles. The SMILES string of the molecule is CC(C#N)(CN1N=CC2C=C([N+](=O)[O-])C=CC21)NC(=O)c1ccc(OC(F)(F)F)cc1. The molecule has 1 amide bonds. The maximum Gasteiger partial charge on any atom is 0.573 e. The summed E-state index contributed by atoms with van der Waals surface area (Å²) in [5, 5.41) is 28.8. The van der Waals surface area contributed by atoms with Crippen LogP contribution in [0.15, 0.2) is 53.3 Å². The van der Waals surface area contributed by atoms with Gasteiger partial charge in [-0.05, 0) is 31.2 Å². The van der Waals surface area contributed by atoms with Gasteiger partial charge in [0.25, 0.3) is 11.6 Å². The lowest BCUT2D eigenvalue weighted by Gasteiger charge is -2.32. The molecule has 2 aliphatic rings. The Morgan fingerprint density at radius 3 is 2.65 bits per heavy atom. The molecule has 1 heterocycles. The van der Waals surface area contributed by atoms with Crippen molar-refractivity contribution in [2.45, 2.75) is 24.9 Å². The van der Waals surface area contributed by atoms with E-state index in [2.05, 4.69) is 15.2 Å². The van der Waals surface area contributed by atoms with Crippen molar-refractivity contribution in [2.24, 2.45) is 11.0 Å². The Morgan fingerprint density at radius 1 is 1.39 bits per heavy atom. The van der Waals surface area contributed by atoms with Crippen LogP contribution in [0.3, 0.4) is 0 Å². The van der Waals surface area contributed by atoms with E-state index in [1.54, 1.807) is 6.08 Å². The average molecular weight is 435 g/mol. The standard InChI is InChI=1S/C19H16F3N5O4/c1-18(10-23,11-26-16-7-4-14(27(29)30)8-13(16)9-24-26)25-17(28)12-2-5-15(6-3-12)31-19(20,21)22/h2-9,13,16H,11H2,1H3,(H,25,28). The quantitative estimate of drug-likeness (QED) is 0.542. The number of nitro groups is 1. The summed E-state index contributed by atoms with van der Waals surface area (Å²) >= 11 is 0. The molecule has 1 aromatic rings. The van der Waals surface area contributed by atoms with Crippen LogP contribution in [0.25, 0.3) is 0 Å². The predicted octanol–water partition coefficient (Wildman–Crippen LogP) is 2.61. The van der Waals surface area contributed by atoms with Crippen molar-refractivity contribution in [3.63, 3.8) is 0 Å². The molecule has 0 spiro atoms. The van der Waals surface area contributed by atoms with E-state index in [1.807, 2.05) is 6.07 Å². The molecule has 3 atom stereocenters. The number of nitrogens with zero attached hydrogens (tertiary/aromatic N) is 4. The number of carbonyl (C=O) groups is 1. The van der Waals surface area contributed by atoms with E-state index in [0.29, 0.717) is 0 Å². The van der Waals surface area contributed by atoms with Gasteiger partial charge in [-0.1, -0.05) is 6.08 Å². The van der Waals surface area contributed by atoms with Crippen LogP contribution >= 0.6 is 0 Å². The molecule has 1 N–H and O–H groups in total. The second kappa shape index (κ2) is 8.10. The topological polar surface area (TPSA) is 121 Å². The minimum Gasteiger partial charge on any atom is -0.406 e. The third-order valence-corrected chi connectivity index (χ3v) is 4.63. The van der Waals surface area contributed by atoms with Crippen LogP contribution in [-0.2, 0) is 0 Å². The number of amides is 1. The number of nitrogens with one attached hydrogen (secondary N) is 1. The van der Waals surface area contributed by atoms with Gasteiger partial charge >= 0.3 is 6.36 Å². The van der Waals surface area contributed by atoms with E-state index in [1.165, 1.54) is 30.3 Å². The number of allylic oxidation sites excluding steroid dienone is 1. The number of fused-ring (bicyclic) bond motifs is 1. The van der Waals surface area contributed by atoms with Crippen LogP contribution in [-0.4, -0.2) is 46.5 Å². The number of hydrogen-bond acceptors (Lipinski definition) is 7. The zero-order valence-electron chi connectivity index (χ0n) is 16.0. The summed E-state index contributed by atoms with van der Waals surface area (Å²) in [5.74, 6) is -1.49. The Labute approximate surface area is 174 Å². The fourth-order valence-corrected chi connectivity index (χ4v) is 3.17. The lowest BCUT2D eigenvalue weighted by atomic mass is 9.94. The summed E-state index contributed by atoms with van der Waals surface area (Å²) in [7, 11) is 0. The molecular formula is C19H16F3N5O4. The van der Waals surface area contributed by atoms with E-state index in [9.17, 15) is 33.3 Å². The first kappa shape index (κ1) is 21.8. The van der Waals surface area contributed by atoms with Gasteiger partial charge in [-0.2, -0.15) is 10.4 Å². The van der Waals surface area contributed by atoms with E-state index in [4.69, 9.17) is 0 Å². The minimum atomic E-state index is -4.85. The van der Waals surface area contributed by atoms with Crippen molar-refractivity contribution in [3.8, 4) is 11.8 Å². The number of ether oxygens (including phenoxy) is 1. The smallest absolute Gasteiger partial charge is 0.406 e. The molecular weight excluding hydrogens is 419 g/mol. The van der Waals surface area contributed by atoms with Gasteiger partial charge in [0.2, 0.25) is 0 Å². The molecule has 0 bridgehead atoms. The lowest BCUT2D eigenvalue weighted by molar-refractivity contribution is -0.419. The van der Waals surface area contributed by atoms with Crippen molar-refractivity contribution in [1.29, 1.82) is 5.26 Å². The first-order chi connectivity index (χ1) is 14.5. The maximum atomic E-state index is 12.5. The van der Waals surface area contributed by atoms with Crippen LogP contribution in [0.5, 0.6) is 5.75 Å². The van der Waals surface area contributed by atoms with Crippen LogP contribution in [0.4, 0.5) is 13.2 Å². The number of carbonyl (C=O) groups excluding carboxylic acids is 1. The van der Waals surface area contributed by atoms with E-state index in [-0.39, 0.29) is 29.8 Å². The molecule has 0 aromatic heterocycles. The molecule has 3 unspecified atom stereocenters.